The predicted molar refractivity (Wildman–Crippen MR) is 84.2 cm³/mol. The third-order valence-corrected chi connectivity index (χ3v) is 4.39. The molecule has 1 saturated carbocycles. The van der Waals surface area contributed by atoms with Gasteiger partial charge >= 0.3 is 5.97 Å². The number of unbranched alkanes of at least 4 members (excludes halogenated alkanes) is 6. The van der Waals surface area contributed by atoms with Crippen molar-refractivity contribution in [3.05, 3.63) is 0 Å². The second-order valence-corrected chi connectivity index (χ2v) is 6.22. The fraction of sp³-hybridized carbons (Fsp3) is 0.882. The highest BCUT2D eigenvalue weighted by Crippen LogP contribution is 2.24. The molecule has 122 valence electrons. The minimum absolute atomic E-state index is 0.0397. The maximum atomic E-state index is 12.3. The Balaban J connectivity index is 2.23. The van der Waals surface area contributed by atoms with Gasteiger partial charge in [0.15, 0.2) is 0 Å². The number of carbonyl (C=O) groups excluding carboxylic acids is 1. The van der Waals surface area contributed by atoms with Crippen LogP contribution in [0.3, 0.4) is 0 Å². The molecule has 1 amide bonds. The van der Waals surface area contributed by atoms with Crippen molar-refractivity contribution in [2.45, 2.75) is 90.0 Å². The van der Waals surface area contributed by atoms with Crippen LogP contribution in [-0.2, 0) is 9.59 Å². The number of nitrogens with zero attached hydrogens (tertiary/aromatic N) is 1. The average molecular weight is 297 g/mol. The van der Waals surface area contributed by atoms with E-state index in [9.17, 15) is 9.59 Å². The molecule has 0 radical (unpaired) electrons. The van der Waals surface area contributed by atoms with Crippen molar-refractivity contribution < 1.29 is 14.7 Å². The summed E-state index contributed by atoms with van der Waals surface area (Å²) in [5, 5.41) is 8.99. The monoisotopic (exact) mass is 297 g/mol. The van der Waals surface area contributed by atoms with E-state index in [0.717, 1.165) is 38.5 Å². The molecule has 1 aliphatic carbocycles. The molecule has 21 heavy (non-hydrogen) atoms. The second-order valence-electron chi connectivity index (χ2n) is 6.22. The molecule has 1 aliphatic rings. The van der Waals surface area contributed by atoms with E-state index in [2.05, 4.69) is 6.92 Å². The van der Waals surface area contributed by atoms with Crippen LogP contribution in [0, 0.1) is 0 Å². The van der Waals surface area contributed by atoms with E-state index < -0.39 is 5.97 Å². The predicted octanol–water partition coefficient (Wildman–Crippen LogP) is 3.98. The molecule has 0 aromatic heterocycles. The summed E-state index contributed by atoms with van der Waals surface area (Å²) >= 11 is 0. The van der Waals surface area contributed by atoms with Crippen molar-refractivity contribution in [1.29, 1.82) is 0 Å². The van der Waals surface area contributed by atoms with Gasteiger partial charge in [-0.1, -0.05) is 58.3 Å². The van der Waals surface area contributed by atoms with Gasteiger partial charge in [0.25, 0.3) is 0 Å². The van der Waals surface area contributed by atoms with Gasteiger partial charge in [-0.05, 0) is 19.3 Å². The van der Waals surface area contributed by atoms with E-state index >= 15 is 0 Å². The molecule has 0 aromatic rings. The van der Waals surface area contributed by atoms with Crippen molar-refractivity contribution >= 4 is 11.9 Å². The van der Waals surface area contributed by atoms with Crippen molar-refractivity contribution in [1.82, 2.24) is 4.90 Å². The van der Waals surface area contributed by atoms with Gasteiger partial charge in [0.2, 0.25) is 5.91 Å². The van der Waals surface area contributed by atoms with Crippen molar-refractivity contribution in [2.24, 2.45) is 0 Å². The molecule has 0 bridgehead atoms. The number of rotatable bonds is 11. The molecule has 1 rings (SSSR count). The van der Waals surface area contributed by atoms with Crippen LogP contribution in [0.5, 0.6) is 0 Å². The SMILES string of the molecule is CCCCCCCCCC(=O)N(CC(=O)O)C1CCCC1. The first kappa shape index (κ1) is 18.0. The van der Waals surface area contributed by atoms with E-state index in [1.807, 2.05) is 0 Å². The number of carboxylic acids is 1. The van der Waals surface area contributed by atoms with Gasteiger partial charge in [-0.25, -0.2) is 0 Å². The Morgan fingerprint density at radius 1 is 1.00 bits per heavy atom. The minimum Gasteiger partial charge on any atom is -0.480 e. The highest BCUT2D eigenvalue weighted by atomic mass is 16.4. The molecule has 4 nitrogen and oxygen atoms in total. The van der Waals surface area contributed by atoms with Crippen LogP contribution in [0.4, 0.5) is 0 Å². The number of amides is 1. The lowest BCUT2D eigenvalue weighted by Gasteiger charge is -2.27. The van der Waals surface area contributed by atoms with Gasteiger partial charge in [0, 0.05) is 12.5 Å². The highest BCUT2D eigenvalue weighted by molar-refractivity contribution is 5.81. The van der Waals surface area contributed by atoms with E-state index in [4.69, 9.17) is 5.11 Å². The van der Waals surface area contributed by atoms with Crippen LogP contribution in [0.25, 0.3) is 0 Å². The second kappa shape index (κ2) is 10.6. The fourth-order valence-electron chi connectivity index (χ4n) is 3.16. The number of carboxylic acid groups (broad SMARTS) is 1. The zero-order chi connectivity index (χ0) is 15.5. The molecule has 1 fully saturated rings. The first-order valence-corrected chi connectivity index (χ1v) is 8.66. The summed E-state index contributed by atoms with van der Waals surface area (Å²) in [5.41, 5.74) is 0. The van der Waals surface area contributed by atoms with Crippen LogP contribution in [-0.4, -0.2) is 34.5 Å². The lowest BCUT2D eigenvalue weighted by atomic mass is 10.1. The molecule has 0 atom stereocenters. The maximum Gasteiger partial charge on any atom is 0.323 e. The summed E-state index contributed by atoms with van der Waals surface area (Å²) in [6.07, 6.45) is 12.9. The number of hydrogen-bond donors (Lipinski definition) is 1. The Morgan fingerprint density at radius 3 is 2.14 bits per heavy atom. The number of hydrogen-bond acceptors (Lipinski definition) is 2. The molecule has 0 spiro atoms. The summed E-state index contributed by atoms with van der Waals surface area (Å²) in [6.45, 7) is 2.08. The zero-order valence-corrected chi connectivity index (χ0v) is 13.5. The Bertz CT molecular complexity index is 311. The molecule has 4 heteroatoms. The van der Waals surface area contributed by atoms with E-state index in [1.54, 1.807) is 4.90 Å². The summed E-state index contributed by atoms with van der Waals surface area (Å²) in [5.74, 6) is -0.854. The van der Waals surface area contributed by atoms with Crippen molar-refractivity contribution in [3.8, 4) is 0 Å². The normalized spacial score (nSPS) is 15.3. The maximum absolute atomic E-state index is 12.3. The Morgan fingerprint density at radius 2 is 1.57 bits per heavy atom. The van der Waals surface area contributed by atoms with Gasteiger partial charge in [-0.3, -0.25) is 9.59 Å². The first-order chi connectivity index (χ1) is 10.1. The standard InChI is InChI=1S/C17H31NO3/c1-2-3-4-5-6-7-8-13-16(19)18(14-17(20)21)15-11-9-10-12-15/h15H,2-14H2,1H3,(H,20,21). The summed E-state index contributed by atoms with van der Waals surface area (Å²) < 4.78 is 0. The topological polar surface area (TPSA) is 57.6 Å². The van der Waals surface area contributed by atoms with Gasteiger partial charge in [-0.2, -0.15) is 0 Å². The molecule has 0 aliphatic heterocycles. The first-order valence-electron chi connectivity index (χ1n) is 8.66. The molecule has 0 aromatic carbocycles. The number of aliphatic carboxylic acids is 1. The molecule has 0 heterocycles. The molecule has 0 unspecified atom stereocenters. The molecular weight excluding hydrogens is 266 g/mol. The van der Waals surface area contributed by atoms with Gasteiger partial charge < -0.3 is 10.0 Å². The summed E-state index contributed by atoms with van der Waals surface area (Å²) in [6, 6.07) is 0.165. The lowest BCUT2D eigenvalue weighted by molar-refractivity contribution is -0.146. The van der Waals surface area contributed by atoms with Gasteiger partial charge in [0.05, 0.1) is 0 Å². The average Bonchev–Trinajstić information content (AvgIpc) is 2.97. The van der Waals surface area contributed by atoms with Gasteiger partial charge in [-0.15, -0.1) is 0 Å². The van der Waals surface area contributed by atoms with Crippen LogP contribution in [0.1, 0.15) is 84.0 Å². The quantitative estimate of drug-likeness (QED) is 0.587. The van der Waals surface area contributed by atoms with Gasteiger partial charge in [0.1, 0.15) is 6.54 Å². The van der Waals surface area contributed by atoms with Crippen LogP contribution >= 0.6 is 0 Å². The lowest BCUT2D eigenvalue weighted by Crippen LogP contribution is -2.42. The van der Waals surface area contributed by atoms with E-state index in [1.165, 1.54) is 32.1 Å². The van der Waals surface area contributed by atoms with Crippen LogP contribution in [0.15, 0.2) is 0 Å². The Hall–Kier alpha value is -1.06. The Labute approximate surface area is 128 Å². The summed E-state index contributed by atoms with van der Waals surface area (Å²) in [4.78, 5) is 24.8. The van der Waals surface area contributed by atoms with E-state index in [-0.39, 0.29) is 18.5 Å². The van der Waals surface area contributed by atoms with Crippen LogP contribution in [0.2, 0.25) is 0 Å². The van der Waals surface area contributed by atoms with Crippen molar-refractivity contribution in [2.75, 3.05) is 6.54 Å². The molecule has 0 saturated heterocycles. The number of carbonyl (C=O) groups is 2. The molecule has 1 N–H and O–H groups in total. The van der Waals surface area contributed by atoms with E-state index in [0.29, 0.717) is 6.42 Å². The van der Waals surface area contributed by atoms with Crippen molar-refractivity contribution in [3.63, 3.8) is 0 Å². The molecular formula is C17H31NO3. The smallest absolute Gasteiger partial charge is 0.323 e. The fourth-order valence-corrected chi connectivity index (χ4v) is 3.16. The minimum atomic E-state index is -0.894. The largest absolute Gasteiger partial charge is 0.480 e. The third kappa shape index (κ3) is 7.49. The summed E-state index contributed by atoms with van der Waals surface area (Å²) in [7, 11) is 0. The third-order valence-electron chi connectivity index (χ3n) is 4.39. The highest BCUT2D eigenvalue weighted by Gasteiger charge is 2.27. The Kier molecular flexibility index (Phi) is 9.11. The zero-order valence-electron chi connectivity index (χ0n) is 13.5. The van der Waals surface area contributed by atoms with Crippen LogP contribution < -0.4 is 0 Å².